The monoisotopic (exact) mass is 363 g/mol. The summed E-state index contributed by atoms with van der Waals surface area (Å²) < 4.78 is 5.78. The van der Waals surface area contributed by atoms with Gasteiger partial charge in [-0.1, -0.05) is 42.1 Å². The highest BCUT2D eigenvalue weighted by molar-refractivity contribution is 7.99. The molecule has 0 aliphatic heterocycles. The molecule has 4 nitrogen and oxygen atoms in total. The first-order valence-corrected chi connectivity index (χ1v) is 9.93. The molecule has 0 aliphatic rings. The Morgan fingerprint density at radius 3 is 2.58 bits per heavy atom. The van der Waals surface area contributed by atoms with Gasteiger partial charge in [0.05, 0.1) is 23.2 Å². The Kier molecular flexibility index (Phi) is 5.36. The van der Waals surface area contributed by atoms with Crippen LogP contribution in [0.25, 0.3) is 21.9 Å². The fraction of sp³-hybridized carbons (Fsp3) is 0.238. The summed E-state index contributed by atoms with van der Waals surface area (Å²) in [6.45, 7) is 0.709. The summed E-state index contributed by atoms with van der Waals surface area (Å²) in [4.78, 5) is 12.5. The van der Waals surface area contributed by atoms with Gasteiger partial charge in [0.1, 0.15) is 0 Å². The Morgan fingerprint density at radius 2 is 1.65 bits per heavy atom. The van der Waals surface area contributed by atoms with E-state index in [0.717, 1.165) is 52.1 Å². The number of benzene rings is 2. The van der Waals surface area contributed by atoms with E-state index in [-0.39, 0.29) is 0 Å². The Labute approximate surface area is 157 Å². The van der Waals surface area contributed by atoms with E-state index in [1.165, 1.54) is 0 Å². The van der Waals surface area contributed by atoms with Crippen LogP contribution in [0.4, 0.5) is 0 Å². The van der Waals surface area contributed by atoms with E-state index in [9.17, 15) is 0 Å². The van der Waals surface area contributed by atoms with Gasteiger partial charge in [-0.25, -0.2) is 9.97 Å². The highest BCUT2D eigenvalue weighted by atomic mass is 32.2. The van der Waals surface area contributed by atoms with Crippen molar-refractivity contribution in [3.63, 3.8) is 0 Å². The zero-order chi connectivity index (χ0) is 17.6. The van der Waals surface area contributed by atoms with Gasteiger partial charge in [0.25, 0.3) is 0 Å². The number of para-hydroxylation sites is 3. The minimum atomic E-state index is 0.709. The molecule has 132 valence electrons. The van der Waals surface area contributed by atoms with Gasteiger partial charge >= 0.3 is 0 Å². The Bertz CT molecular complexity index is 966. The van der Waals surface area contributed by atoms with Crippen molar-refractivity contribution in [2.45, 2.75) is 24.4 Å². The number of hydrogen-bond acceptors (Lipinski definition) is 4. The molecule has 0 amide bonds. The summed E-state index contributed by atoms with van der Waals surface area (Å²) in [5, 5.41) is 2.14. The number of nitrogens with one attached hydrogen (secondary N) is 1. The van der Waals surface area contributed by atoms with Crippen LogP contribution in [0, 0.1) is 0 Å². The van der Waals surface area contributed by atoms with Gasteiger partial charge in [-0.2, -0.15) is 0 Å². The molecule has 2 heterocycles. The third-order valence-electron chi connectivity index (χ3n) is 4.22. The molecule has 0 saturated heterocycles. The van der Waals surface area contributed by atoms with Gasteiger partial charge in [0.2, 0.25) is 5.88 Å². The van der Waals surface area contributed by atoms with Crippen LogP contribution >= 0.6 is 11.8 Å². The predicted octanol–water partition coefficient (Wildman–Crippen LogP) is 5.45. The van der Waals surface area contributed by atoms with Crippen molar-refractivity contribution in [2.24, 2.45) is 0 Å². The van der Waals surface area contributed by atoms with Crippen LogP contribution < -0.4 is 4.74 Å². The fourth-order valence-electron chi connectivity index (χ4n) is 2.85. The van der Waals surface area contributed by atoms with Crippen molar-refractivity contribution in [1.82, 2.24) is 15.0 Å². The first-order chi connectivity index (χ1) is 12.9. The SMILES string of the molecule is c1ccc2nc(OCCCCCSc3nc4ccccc4[nH]3)ccc2c1. The number of imidazole rings is 1. The normalized spacial score (nSPS) is 11.2. The number of unbranched alkanes of at least 4 members (excludes halogenated alkanes) is 2. The largest absolute Gasteiger partial charge is 0.478 e. The molecule has 0 bridgehead atoms. The van der Waals surface area contributed by atoms with Crippen LogP contribution in [0.3, 0.4) is 0 Å². The van der Waals surface area contributed by atoms with Gasteiger partial charge in [-0.05, 0) is 43.5 Å². The van der Waals surface area contributed by atoms with Crippen molar-refractivity contribution in [3.8, 4) is 5.88 Å². The zero-order valence-corrected chi connectivity index (χ0v) is 15.3. The van der Waals surface area contributed by atoms with Gasteiger partial charge in [-0.3, -0.25) is 0 Å². The van der Waals surface area contributed by atoms with Crippen LogP contribution in [-0.2, 0) is 0 Å². The van der Waals surface area contributed by atoms with Gasteiger partial charge < -0.3 is 9.72 Å². The second-order valence-electron chi connectivity index (χ2n) is 6.16. The molecule has 26 heavy (non-hydrogen) atoms. The number of aromatic amines is 1. The second-order valence-corrected chi connectivity index (χ2v) is 7.24. The average Bonchev–Trinajstić information content (AvgIpc) is 3.10. The maximum absolute atomic E-state index is 5.78. The van der Waals surface area contributed by atoms with E-state index in [1.54, 1.807) is 11.8 Å². The maximum Gasteiger partial charge on any atom is 0.213 e. The lowest BCUT2D eigenvalue weighted by atomic mass is 10.2. The molecular weight excluding hydrogens is 342 g/mol. The number of thioether (sulfide) groups is 1. The van der Waals surface area contributed by atoms with E-state index in [0.29, 0.717) is 12.5 Å². The predicted molar refractivity (Wildman–Crippen MR) is 108 cm³/mol. The summed E-state index contributed by atoms with van der Waals surface area (Å²) in [6.07, 6.45) is 3.33. The first-order valence-electron chi connectivity index (χ1n) is 8.95. The topological polar surface area (TPSA) is 50.8 Å². The summed E-state index contributed by atoms with van der Waals surface area (Å²) in [6, 6.07) is 20.2. The number of fused-ring (bicyclic) bond motifs is 2. The summed E-state index contributed by atoms with van der Waals surface area (Å²) in [5.41, 5.74) is 3.12. The number of H-pyrrole nitrogens is 1. The van der Waals surface area contributed by atoms with Gasteiger partial charge in [0.15, 0.2) is 5.16 Å². The molecule has 0 spiro atoms. The quantitative estimate of drug-likeness (QED) is 0.334. The van der Waals surface area contributed by atoms with Crippen LogP contribution in [0.15, 0.2) is 65.8 Å². The lowest BCUT2D eigenvalue weighted by molar-refractivity contribution is 0.296. The highest BCUT2D eigenvalue weighted by Gasteiger charge is 2.02. The molecule has 2 aromatic heterocycles. The summed E-state index contributed by atoms with van der Waals surface area (Å²) in [7, 11) is 0. The van der Waals surface area contributed by atoms with Crippen molar-refractivity contribution in [3.05, 3.63) is 60.7 Å². The smallest absolute Gasteiger partial charge is 0.213 e. The standard InChI is InChI=1S/C21H21N3OS/c1(7-15-26-21-23-18-10-4-5-11-19(18)24-21)6-14-25-20-13-12-16-8-2-3-9-17(16)22-20/h2-5,8-13H,1,6-7,14-15H2,(H,23,24). The van der Waals surface area contributed by atoms with E-state index in [4.69, 9.17) is 4.74 Å². The van der Waals surface area contributed by atoms with E-state index < -0.39 is 0 Å². The van der Waals surface area contributed by atoms with Gasteiger partial charge in [0, 0.05) is 17.2 Å². The highest BCUT2D eigenvalue weighted by Crippen LogP contribution is 2.20. The second kappa shape index (κ2) is 8.23. The maximum atomic E-state index is 5.78. The number of ether oxygens (including phenoxy) is 1. The molecule has 0 atom stereocenters. The molecule has 0 fully saturated rings. The molecule has 4 rings (SSSR count). The van der Waals surface area contributed by atoms with Gasteiger partial charge in [-0.15, -0.1) is 0 Å². The van der Waals surface area contributed by atoms with E-state index >= 15 is 0 Å². The lowest BCUT2D eigenvalue weighted by Crippen LogP contribution is -1.99. The molecule has 0 saturated carbocycles. The van der Waals surface area contributed by atoms with Crippen LogP contribution in [0.2, 0.25) is 0 Å². The van der Waals surface area contributed by atoms with Crippen molar-refractivity contribution in [2.75, 3.05) is 12.4 Å². The fourth-order valence-corrected chi connectivity index (χ4v) is 3.74. The molecule has 1 N–H and O–H groups in total. The van der Waals surface area contributed by atoms with Crippen LogP contribution in [0.5, 0.6) is 5.88 Å². The molecule has 2 aromatic carbocycles. The number of hydrogen-bond donors (Lipinski definition) is 1. The molecular formula is C21H21N3OS. The summed E-state index contributed by atoms with van der Waals surface area (Å²) in [5.74, 6) is 1.77. The number of pyridine rings is 1. The molecule has 0 radical (unpaired) electrons. The Morgan fingerprint density at radius 1 is 0.808 bits per heavy atom. The number of rotatable bonds is 8. The molecule has 0 unspecified atom stereocenters. The lowest BCUT2D eigenvalue weighted by Gasteiger charge is -2.06. The average molecular weight is 363 g/mol. The third-order valence-corrected chi connectivity index (χ3v) is 5.18. The Hall–Kier alpha value is -2.53. The van der Waals surface area contributed by atoms with Crippen molar-refractivity contribution in [1.29, 1.82) is 0 Å². The minimum absolute atomic E-state index is 0.709. The van der Waals surface area contributed by atoms with Crippen molar-refractivity contribution < 1.29 is 4.74 Å². The molecule has 5 heteroatoms. The summed E-state index contributed by atoms with van der Waals surface area (Å²) >= 11 is 1.78. The number of nitrogens with zero attached hydrogens (tertiary/aromatic N) is 2. The van der Waals surface area contributed by atoms with Crippen LogP contribution in [-0.4, -0.2) is 27.3 Å². The third kappa shape index (κ3) is 4.17. The number of aromatic nitrogens is 3. The van der Waals surface area contributed by atoms with Crippen LogP contribution in [0.1, 0.15) is 19.3 Å². The Balaban J connectivity index is 1.16. The van der Waals surface area contributed by atoms with Crippen molar-refractivity contribution >= 4 is 33.7 Å². The van der Waals surface area contributed by atoms with E-state index in [2.05, 4.69) is 33.2 Å². The zero-order valence-electron chi connectivity index (χ0n) is 14.5. The molecule has 0 aliphatic carbocycles. The first kappa shape index (κ1) is 16.9. The van der Waals surface area contributed by atoms with E-state index in [1.807, 2.05) is 42.5 Å². The molecule has 4 aromatic rings. The minimum Gasteiger partial charge on any atom is -0.478 e.